The Hall–Kier alpha value is -3.75. The monoisotopic (exact) mass is 512 g/mol. The molecule has 0 aromatic heterocycles. The van der Waals surface area contributed by atoms with Crippen molar-refractivity contribution in [3.63, 3.8) is 0 Å². The normalized spacial score (nSPS) is 10.6. The van der Waals surface area contributed by atoms with Crippen LogP contribution in [0.5, 0.6) is 0 Å². The van der Waals surface area contributed by atoms with Gasteiger partial charge in [-0.25, -0.2) is 9.18 Å². The van der Waals surface area contributed by atoms with E-state index in [0.29, 0.717) is 17.3 Å². The molecule has 0 spiro atoms. The van der Waals surface area contributed by atoms with Crippen LogP contribution in [0.3, 0.4) is 0 Å². The first-order chi connectivity index (χ1) is 17.2. The zero-order valence-electron chi connectivity index (χ0n) is 20.1. The Morgan fingerprint density at radius 3 is 2.33 bits per heavy atom. The van der Waals surface area contributed by atoms with Gasteiger partial charge in [0.2, 0.25) is 5.91 Å². The third-order valence-corrected chi connectivity index (χ3v) is 5.65. The van der Waals surface area contributed by atoms with Gasteiger partial charge in [-0.3, -0.25) is 9.59 Å². The summed E-state index contributed by atoms with van der Waals surface area (Å²) in [6.45, 7) is 3.38. The third-order valence-electron chi connectivity index (χ3n) is 5.41. The number of carbonyl (C=O) groups excluding carboxylic acids is 3. The Morgan fingerprint density at radius 2 is 1.67 bits per heavy atom. The second-order valence-electron chi connectivity index (χ2n) is 7.87. The number of nitrogens with one attached hydrogen (secondary N) is 1. The Balaban J connectivity index is 1.64. The van der Waals surface area contributed by atoms with Crippen LogP contribution in [0.15, 0.2) is 60.7 Å². The summed E-state index contributed by atoms with van der Waals surface area (Å²) in [6, 6.07) is 16.2. The van der Waals surface area contributed by atoms with E-state index in [9.17, 15) is 18.8 Å². The number of carbonyl (C=O) groups is 3. The van der Waals surface area contributed by atoms with E-state index in [1.807, 2.05) is 32.0 Å². The quantitative estimate of drug-likeness (QED) is 0.396. The molecule has 2 amide bonds. The summed E-state index contributed by atoms with van der Waals surface area (Å²) in [7, 11) is 1.22. The lowest BCUT2D eigenvalue weighted by Crippen LogP contribution is -2.35. The number of esters is 1. The van der Waals surface area contributed by atoms with Gasteiger partial charge in [0.15, 0.2) is 0 Å². The second kappa shape index (κ2) is 12.3. The topological polar surface area (TPSA) is 84.9 Å². The summed E-state index contributed by atoms with van der Waals surface area (Å²) in [4.78, 5) is 38.8. The van der Waals surface area contributed by atoms with E-state index in [-0.39, 0.29) is 29.6 Å². The van der Waals surface area contributed by atoms with Gasteiger partial charge in [-0.15, -0.1) is 0 Å². The van der Waals surface area contributed by atoms with Crippen molar-refractivity contribution in [3.8, 4) is 11.1 Å². The number of likely N-dealkylation sites (N-methyl/N-ethyl adjacent to an activating group) is 1. The van der Waals surface area contributed by atoms with Crippen molar-refractivity contribution in [2.24, 2.45) is 0 Å². The molecule has 3 rings (SSSR count). The van der Waals surface area contributed by atoms with Gasteiger partial charge in [0.1, 0.15) is 19.0 Å². The van der Waals surface area contributed by atoms with Gasteiger partial charge in [0.25, 0.3) is 5.91 Å². The maximum atomic E-state index is 13.3. The molecule has 3 aromatic rings. The zero-order chi connectivity index (χ0) is 26.2. The molecule has 0 aliphatic rings. The highest BCUT2D eigenvalue weighted by atomic mass is 35.5. The molecule has 0 aliphatic carbocycles. The smallest absolute Gasteiger partial charge is 0.340 e. The van der Waals surface area contributed by atoms with Crippen molar-refractivity contribution in [2.75, 3.05) is 37.1 Å². The van der Waals surface area contributed by atoms with Crippen LogP contribution in [0.1, 0.15) is 22.8 Å². The molecule has 0 fully saturated rings. The predicted molar refractivity (Wildman–Crippen MR) is 137 cm³/mol. The van der Waals surface area contributed by atoms with Crippen LogP contribution in [0.25, 0.3) is 11.1 Å². The van der Waals surface area contributed by atoms with Crippen LogP contribution in [0, 0.1) is 12.7 Å². The fraction of sp³-hybridized carbons (Fsp3) is 0.222. The molecule has 9 heteroatoms. The number of methoxy groups -OCH3 is 1. The van der Waals surface area contributed by atoms with E-state index in [4.69, 9.17) is 21.1 Å². The lowest BCUT2D eigenvalue weighted by atomic mass is 10.0. The summed E-state index contributed by atoms with van der Waals surface area (Å²) in [6.07, 6.45) is 0. The number of hydrogen-bond donors (Lipinski definition) is 1. The molecular formula is C27H26ClFN2O5. The number of halogens is 2. The summed E-state index contributed by atoms with van der Waals surface area (Å²) in [5, 5.41) is 2.88. The van der Waals surface area contributed by atoms with Gasteiger partial charge in [-0.1, -0.05) is 35.9 Å². The molecule has 0 bridgehead atoms. The first kappa shape index (κ1) is 26.8. The van der Waals surface area contributed by atoms with Crippen LogP contribution in [0.4, 0.5) is 15.8 Å². The van der Waals surface area contributed by atoms with Crippen LogP contribution >= 0.6 is 11.6 Å². The van der Waals surface area contributed by atoms with Gasteiger partial charge in [-0.2, -0.15) is 0 Å². The minimum absolute atomic E-state index is 0.100. The van der Waals surface area contributed by atoms with Crippen molar-refractivity contribution in [1.29, 1.82) is 0 Å². The van der Waals surface area contributed by atoms with E-state index in [1.54, 1.807) is 17.0 Å². The van der Waals surface area contributed by atoms with Crippen LogP contribution in [-0.2, 0) is 19.1 Å². The van der Waals surface area contributed by atoms with Crippen molar-refractivity contribution in [2.45, 2.75) is 13.8 Å². The minimum Gasteiger partial charge on any atom is -0.465 e. The molecular weight excluding hydrogens is 487 g/mol. The largest absolute Gasteiger partial charge is 0.465 e. The first-order valence-electron chi connectivity index (χ1n) is 11.2. The van der Waals surface area contributed by atoms with E-state index in [0.717, 1.165) is 16.7 Å². The highest BCUT2D eigenvalue weighted by Crippen LogP contribution is 2.28. The number of benzene rings is 3. The van der Waals surface area contributed by atoms with Crippen molar-refractivity contribution in [1.82, 2.24) is 0 Å². The van der Waals surface area contributed by atoms with Gasteiger partial charge in [0.05, 0.1) is 18.4 Å². The van der Waals surface area contributed by atoms with Gasteiger partial charge in [0, 0.05) is 17.3 Å². The van der Waals surface area contributed by atoms with Gasteiger partial charge < -0.3 is 19.7 Å². The number of amides is 2. The van der Waals surface area contributed by atoms with E-state index < -0.39 is 18.5 Å². The highest BCUT2D eigenvalue weighted by molar-refractivity contribution is 6.31. The average Bonchev–Trinajstić information content (AvgIpc) is 2.86. The van der Waals surface area contributed by atoms with Crippen LogP contribution < -0.4 is 10.2 Å². The van der Waals surface area contributed by atoms with Crippen LogP contribution in [-0.4, -0.2) is 44.7 Å². The zero-order valence-corrected chi connectivity index (χ0v) is 20.9. The summed E-state index contributed by atoms with van der Waals surface area (Å²) in [5.74, 6) is -1.85. The molecule has 0 saturated carbocycles. The number of nitrogens with zero attached hydrogens (tertiary/aromatic N) is 1. The molecule has 3 aromatic carbocycles. The predicted octanol–water partition coefficient (Wildman–Crippen LogP) is 5.25. The van der Waals surface area contributed by atoms with Crippen LogP contribution in [0.2, 0.25) is 5.02 Å². The Morgan fingerprint density at radius 1 is 0.972 bits per heavy atom. The Bertz CT molecular complexity index is 1260. The molecule has 1 N–H and O–H groups in total. The number of anilines is 2. The molecule has 0 radical (unpaired) electrons. The maximum absolute atomic E-state index is 13.3. The molecule has 36 heavy (non-hydrogen) atoms. The molecule has 0 unspecified atom stereocenters. The van der Waals surface area contributed by atoms with Gasteiger partial charge in [-0.05, 0) is 66.9 Å². The number of ether oxygens (including phenoxy) is 2. The summed E-state index contributed by atoms with van der Waals surface area (Å²) >= 11 is 5.93. The third kappa shape index (κ3) is 6.68. The first-order valence-corrected chi connectivity index (χ1v) is 11.5. The Labute approximate surface area is 213 Å². The molecule has 0 aliphatic heterocycles. The second-order valence-corrected chi connectivity index (χ2v) is 8.31. The number of hydrogen-bond acceptors (Lipinski definition) is 5. The standard InChI is InChI=1S/C27H26ClFN2O5/c1-4-31(24-13-19(6-5-17(24)2)18-7-10-21(29)11-8-18)26(33)16-36-15-25(32)30-23-12-9-20(28)14-22(23)27(34)35-3/h5-14H,4,15-16H2,1-3H3,(H,30,32). The summed E-state index contributed by atoms with van der Waals surface area (Å²) in [5.41, 5.74) is 3.56. The molecule has 188 valence electrons. The molecule has 7 nitrogen and oxygen atoms in total. The Kier molecular flexibility index (Phi) is 9.16. The highest BCUT2D eigenvalue weighted by Gasteiger charge is 2.19. The van der Waals surface area contributed by atoms with Crippen molar-refractivity contribution >= 4 is 40.8 Å². The molecule has 0 saturated heterocycles. The minimum atomic E-state index is -0.652. The van der Waals surface area contributed by atoms with Crippen molar-refractivity contribution in [3.05, 3.63) is 82.6 Å². The lowest BCUT2D eigenvalue weighted by Gasteiger charge is -2.24. The molecule has 0 atom stereocenters. The summed E-state index contributed by atoms with van der Waals surface area (Å²) < 4.78 is 23.4. The van der Waals surface area contributed by atoms with E-state index in [2.05, 4.69) is 5.32 Å². The SMILES string of the molecule is CCN(C(=O)COCC(=O)Nc1ccc(Cl)cc1C(=O)OC)c1cc(-c2ccc(F)cc2)ccc1C. The number of rotatable bonds is 9. The lowest BCUT2D eigenvalue weighted by molar-refractivity contribution is -0.127. The van der Waals surface area contributed by atoms with Crippen molar-refractivity contribution < 1.29 is 28.2 Å². The van der Waals surface area contributed by atoms with E-state index >= 15 is 0 Å². The fourth-order valence-electron chi connectivity index (χ4n) is 3.60. The molecule has 0 heterocycles. The van der Waals surface area contributed by atoms with Gasteiger partial charge >= 0.3 is 5.97 Å². The average molecular weight is 513 g/mol. The van der Waals surface area contributed by atoms with E-state index in [1.165, 1.54) is 37.4 Å². The number of aryl methyl sites for hydroxylation is 1. The fourth-order valence-corrected chi connectivity index (χ4v) is 3.77. The maximum Gasteiger partial charge on any atom is 0.340 e.